The van der Waals surface area contributed by atoms with Crippen LogP contribution in [0.5, 0.6) is 0 Å². The van der Waals surface area contributed by atoms with Gasteiger partial charge in [0.25, 0.3) is 0 Å². The molecule has 76 valence electrons. The SMILES string of the molecule is CS(=O)(=O)CCCC1(C(=O)O)CC1. The summed E-state index contributed by atoms with van der Waals surface area (Å²) in [5.41, 5.74) is -0.579. The maximum Gasteiger partial charge on any atom is 0.309 e. The molecule has 0 atom stereocenters. The molecule has 0 radical (unpaired) electrons. The predicted molar refractivity (Wildman–Crippen MR) is 48.2 cm³/mol. The summed E-state index contributed by atoms with van der Waals surface area (Å²) in [7, 11) is -2.94. The summed E-state index contributed by atoms with van der Waals surface area (Å²) in [6, 6.07) is 0. The highest BCUT2D eigenvalue weighted by Gasteiger charge is 2.49. The zero-order valence-electron chi connectivity index (χ0n) is 7.62. The minimum Gasteiger partial charge on any atom is -0.481 e. The number of carboxylic acids is 1. The van der Waals surface area contributed by atoms with Gasteiger partial charge in [0.15, 0.2) is 0 Å². The Bertz CT molecular complexity index is 300. The van der Waals surface area contributed by atoms with Gasteiger partial charge in [-0.15, -0.1) is 0 Å². The van der Waals surface area contributed by atoms with Crippen molar-refractivity contribution in [2.75, 3.05) is 12.0 Å². The fourth-order valence-electron chi connectivity index (χ4n) is 1.39. The number of rotatable bonds is 5. The van der Waals surface area contributed by atoms with Crippen molar-refractivity contribution in [2.45, 2.75) is 25.7 Å². The van der Waals surface area contributed by atoms with E-state index in [4.69, 9.17) is 5.11 Å². The lowest BCUT2D eigenvalue weighted by Gasteiger charge is -2.07. The van der Waals surface area contributed by atoms with Crippen molar-refractivity contribution in [1.29, 1.82) is 0 Å². The molecule has 0 aromatic rings. The molecule has 1 N–H and O–H groups in total. The lowest BCUT2D eigenvalue weighted by Crippen LogP contribution is -2.16. The second-order valence-electron chi connectivity index (χ2n) is 3.82. The number of hydrogen-bond donors (Lipinski definition) is 1. The van der Waals surface area contributed by atoms with Crippen molar-refractivity contribution >= 4 is 15.8 Å². The Hall–Kier alpha value is -0.580. The fourth-order valence-corrected chi connectivity index (χ4v) is 2.06. The smallest absolute Gasteiger partial charge is 0.309 e. The van der Waals surface area contributed by atoms with E-state index in [2.05, 4.69) is 0 Å². The molecule has 13 heavy (non-hydrogen) atoms. The Kier molecular flexibility index (Phi) is 2.66. The number of carboxylic acid groups (broad SMARTS) is 1. The Morgan fingerprint density at radius 3 is 2.31 bits per heavy atom. The van der Waals surface area contributed by atoms with E-state index < -0.39 is 21.2 Å². The topological polar surface area (TPSA) is 71.4 Å². The molecule has 0 aromatic carbocycles. The molecule has 0 spiro atoms. The lowest BCUT2D eigenvalue weighted by molar-refractivity contribution is -0.143. The zero-order valence-corrected chi connectivity index (χ0v) is 8.43. The second-order valence-corrected chi connectivity index (χ2v) is 6.08. The van der Waals surface area contributed by atoms with E-state index in [9.17, 15) is 13.2 Å². The zero-order chi connectivity index (χ0) is 10.1. The standard InChI is InChI=1S/C8H14O4S/c1-13(11,12)6-2-3-8(4-5-8)7(9)10/h2-6H2,1H3,(H,9,10). The molecule has 1 aliphatic rings. The number of sulfone groups is 1. The third-order valence-electron chi connectivity index (χ3n) is 2.48. The highest BCUT2D eigenvalue weighted by molar-refractivity contribution is 7.90. The fraction of sp³-hybridized carbons (Fsp3) is 0.875. The monoisotopic (exact) mass is 206 g/mol. The van der Waals surface area contributed by atoms with E-state index in [1.807, 2.05) is 0 Å². The Morgan fingerprint density at radius 1 is 1.46 bits per heavy atom. The van der Waals surface area contributed by atoms with E-state index in [1.54, 1.807) is 0 Å². The quantitative estimate of drug-likeness (QED) is 0.718. The van der Waals surface area contributed by atoms with Gasteiger partial charge in [0, 0.05) is 12.0 Å². The predicted octanol–water partition coefficient (Wildman–Crippen LogP) is 0.676. The van der Waals surface area contributed by atoms with Crippen molar-refractivity contribution in [1.82, 2.24) is 0 Å². The molecule has 1 aliphatic carbocycles. The molecule has 0 bridgehead atoms. The van der Waals surface area contributed by atoms with E-state index in [-0.39, 0.29) is 5.75 Å². The van der Waals surface area contributed by atoms with Crippen LogP contribution in [-0.2, 0) is 14.6 Å². The number of aliphatic carboxylic acids is 1. The van der Waals surface area contributed by atoms with Crippen molar-refractivity contribution in [3.8, 4) is 0 Å². The van der Waals surface area contributed by atoms with Gasteiger partial charge in [0.1, 0.15) is 9.84 Å². The van der Waals surface area contributed by atoms with Gasteiger partial charge in [0.2, 0.25) is 0 Å². The van der Waals surface area contributed by atoms with E-state index in [1.165, 1.54) is 6.26 Å². The molecule has 1 fully saturated rings. The highest BCUT2D eigenvalue weighted by atomic mass is 32.2. The van der Waals surface area contributed by atoms with Gasteiger partial charge in [-0.25, -0.2) is 8.42 Å². The molecular weight excluding hydrogens is 192 g/mol. The van der Waals surface area contributed by atoms with Gasteiger partial charge in [0.05, 0.1) is 5.41 Å². The first-order chi connectivity index (χ1) is 5.86. The van der Waals surface area contributed by atoms with E-state index >= 15 is 0 Å². The van der Waals surface area contributed by atoms with Crippen LogP contribution in [0.2, 0.25) is 0 Å². The maximum absolute atomic E-state index is 10.8. The Morgan fingerprint density at radius 2 is 2.00 bits per heavy atom. The van der Waals surface area contributed by atoms with Crippen LogP contribution in [-0.4, -0.2) is 31.5 Å². The molecular formula is C8H14O4S. The summed E-state index contributed by atoms with van der Waals surface area (Å²) < 4.78 is 21.5. The van der Waals surface area contributed by atoms with E-state index in [0.717, 1.165) is 0 Å². The summed E-state index contributed by atoms with van der Waals surface area (Å²) in [6.07, 6.45) is 3.53. The summed E-state index contributed by atoms with van der Waals surface area (Å²) >= 11 is 0. The first-order valence-corrected chi connectivity index (χ1v) is 6.33. The first-order valence-electron chi connectivity index (χ1n) is 4.27. The van der Waals surface area contributed by atoms with Gasteiger partial charge < -0.3 is 5.11 Å². The normalized spacial score (nSPS) is 19.8. The van der Waals surface area contributed by atoms with Gasteiger partial charge in [-0.1, -0.05) is 0 Å². The minimum atomic E-state index is -2.94. The Labute approximate surface area is 77.9 Å². The molecule has 5 heteroatoms. The van der Waals surface area contributed by atoms with Crippen LogP contribution >= 0.6 is 0 Å². The van der Waals surface area contributed by atoms with Crippen LogP contribution in [0.4, 0.5) is 0 Å². The molecule has 0 aromatic heterocycles. The average Bonchev–Trinajstić information content (AvgIpc) is 2.65. The molecule has 1 rings (SSSR count). The molecule has 4 nitrogen and oxygen atoms in total. The molecule has 0 saturated heterocycles. The van der Waals surface area contributed by atoms with Crippen LogP contribution in [0.1, 0.15) is 25.7 Å². The van der Waals surface area contributed by atoms with Crippen LogP contribution < -0.4 is 0 Å². The lowest BCUT2D eigenvalue weighted by atomic mass is 10.0. The minimum absolute atomic E-state index is 0.0992. The first kappa shape index (κ1) is 10.5. The molecule has 1 saturated carbocycles. The number of carbonyl (C=O) groups is 1. The molecule has 0 unspecified atom stereocenters. The van der Waals surface area contributed by atoms with E-state index in [0.29, 0.717) is 25.7 Å². The molecule has 0 amide bonds. The third kappa shape index (κ3) is 2.99. The van der Waals surface area contributed by atoms with Gasteiger partial charge in [-0.2, -0.15) is 0 Å². The summed E-state index contributed by atoms with van der Waals surface area (Å²) in [4.78, 5) is 10.7. The molecule has 0 aliphatic heterocycles. The van der Waals surface area contributed by atoms with Crippen LogP contribution in [0, 0.1) is 5.41 Å². The third-order valence-corrected chi connectivity index (χ3v) is 3.51. The highest BCUT2D eigenvalue weighted by Crippen LogP contribution is 2.49. The van der Waals surface area contributed by atoms with Crippen molar-refractivity contribution in [2.24, 2.45) is 5.41 Å². The summed E-state index contributed by atoms with van der Waals surface area (Å²) in [6.45, 7) is 0. The van der Waals surface area contributed by atoms with Gasteiger partial charge in [-0.3, -0.25) is 4.79 Å². The van der Waals surface area contributed by atoms with Crippen molar-refractivity contribution < 1.29 is 18.3 Å². The number of hydrogen-bond acceptors (Lipinski definition) is 3. The Balaban J connectivity index is 2.32. The summed E-state index contributed by atoms with van der Waals surface area (Å²) in [5.74, 6) is -0.678. The second kappa shape index (κ2) is 3.29. The van der Waals surface area contributed by atoms with Gasteiger partial charge in [-0.05, 0) is 25.7 Å². The maximum atomic E-state index is 10.8. The largest absolute Gasteiger partial charge is 0.481 e. The van der Waals surface area contributed by atoms with Crippen molar-refractivity contribution in [3.05, 3.63) is 0 Å². The van der Waals surface area contributed by atoms with Crippen LogP contribution in [0.15, 0.2) is 0 Å². The summed E-state index contributed by atoms with van der Waals surface area (Å²) in [5, 5.41) is 8.78. The van der Waals surface area contributed by atoms with Crippen LogP contribution in [0.3, 0.4) is 0 Å². The van der Waals surface area contributed by atoms with Gasteiger partial charge >= 0.3 is 5.97 Å². The molecule has 0 heterocycles. The van der Waals surface area contributed by atoms with Crippen LogP contribution in [0.25, 0.3) is 0 Å². The van der Waals surface area contributed by atoms with Crippen molar-refractivity contribution in [3.63, 3.8) is 0 Å². The average molecular weight is 206 g/mol.